The summed E-state index contributed by atoms with van der Waals surface area (Å²) in [5, 5.41) is 0. The van der Waals surface area contributed by atoms with Gasteiger partial charge in [-0.05, 0) is 24.7 Å². The lowest BCUT2D eigenvalue weighted by atomic mass is 9.86. The van der Waals surface area contributed by atoms with Crippen LogP contribution in [0.2, 0.25) is 0 Å². The molecule has 2 aliphatic rings. The fourth-order valence-corrected chi connectivity index (χ4v) is 2.36. The van der Waals surface area contributed by atoms with Gasteiger partial charge in [-0.2, -0.15) is 0 Å². The summed E-state index contributed by atoms with van der Waals surface area (Å²) < 4.78 is 5.40. The number of rotatable bonds is 4. The molecule has 2 N–H and O–H groups in total. The first-order valence-corrected chi connectivity index (χ1v) is 7.03. The fourth-order valence-electron chi connectivity index (χ4n) is 2.36. The van der Waals surface area contributed by atoms with Crippen molar-refractivity contribution in [1.82, 2.24) is 4.90 Å². The summed E-state index contributed by atoms with van der Waals surface area (Å²) in [5.41, 5.74) is 5.94. The van der Waals surface area contributed by atoms with Gasteiger partial charge in [0.15, 0.2) is 0 Å². The van der Waals surface area contributed by atoms with E-state index in [0.29, 0.717) is 12.0 Å². The molecule has 1 aliphatic carbocycles. The van der Waals surface area contributed by atoms with E-state index in [-0.39, 0.29) is 11.3 Å². The summed E-state index contributed by atoms with van der Waals surface area (Å²) in [6.07, 6.45) is 3.34. The molecule has 0 aromatic carbocycles. The van der Waals surface area contributed by atoms with E-state index in [1.54, 1.807) is 0 Å². The maximum Gasteiger partial charge on any atom is 0.240 e. The van der Waals surface area contributed by atoms with Crippen LogP contribution in [0, 0.1) is 11.3 Å². The largest absolute Gasteiger partial charge is 0.381 e. The van der Waals surface area contributed by atoms with Gasteiger partial charge in [-0.25, -0.2) is 0 Å². The SMILES string of the molecule is CC(C)(C)C(N)C(=O)N(CC1CCOC1)C1CC1. The summed E-state index contributed by atoms with van der Waals surface area (Å²) in [6.45, 7) is 8.54. The Morgan fingerprint density at radius 1 is 1.39 bits per heavy atom. The predicted molar refractivity (Wildman–Crippen MR) is 71.1 cm³/mol. The van der Waals surface area contributed by atoms with Crippen LogP contribution in [-0.2, 0) is 9.53 Å². The van der Waals surface area contributed by atoms with Gasteiger partial charge in [-0.1, -0.05) is 20.8 Å². The third kappa shape index (κ3) is 3.23. The smallest absolute Gasteiger partial charge is 0.240 e. The number of amides is 1. The molecule has 2 fully saturated rings. The molecule has 1 aliphatic heterocycles. The Kier molecular flexibility index (Phi) is 3.97. The van der Waals surface area contributed by atoms with Crippen molar-refractivity contribution in [2.45, 2.75) is 52.1 Å². The fraction of sp³-hybridized carbons (Fsp3) is 0.929. The van der Waals surface area contributed by atoms with E-state index < -0.39 is 6.04 Å². The number of carbonyl (C=O) groups is 1. The number of hydrogen-bond donors (Lipinski definition) is 1. The van der Waals surface area contributed by atoms with Gasteiger partial charge in [0, 0.05) is 25.1 Å². The first kappa shape index (κ1) is 13.8. The van der Waals surface area contributed by atoms with Crippen LogP contribution in [0.1, 0.15) is 40.0 Å². The normalized spacial score (nSPS) is 26.1. The summed E-state index contributed by atoms with van der Waals surface area (Å²) >= 11 is 0. The molecule has 104 valence electrons. The summed E-state index contributed by atoms with van der Waals surface area (Å²) in [4.78, 5) is 14.5. The number of nitrogens with zero attached hydrogens (tertiary/aromatic N) is 1. The lowest BCUT2D eigenvalue weighted by molar-refractivity contribution is -0.136. The van der Waals surface area contributed by atoms with Gasteiger partial charge in [0.1, 0.15) is 0 Å². The number of hydrogen-bond acceptors (Lipinski definition) is 3. The molecule has 0 aromatic heterocycles. The zero-order chi connectivity index (χ0) is 13.3. The van der Waals surface area contributed by atoms with Crippen molar-refractivity contribution < 1.29 is 9.53 Å². The van der Waals surface area contributed by atoms with Crippen molar-refractivity contribution in [2.24, 2.45) is 17.1 Å². The Morgan fingerprint density at radius 3 is 2.50 bits per heavy atom. The van der Waals surface area contributed by atoms with Crippen LogP contribution in [0.15, 0.2) is 0 Å². The monoisotopic (exact) mass is 254 g/mol. The topological polar surface area (TPSA) is 55.6 Å². The van der Waals surface area contributed by atoms with Crippen LogP contribution in [-0.4, -0.2) is 42.6 Å². The molecule has 1 saturated carbocycles. The average Bonchev–Trinajstić information content (AvgIpc) is 3.00. The lowest BCUT2D eigenvalue weighted by Crippen LogP contribution is -2.52. The molecule has 0 radical (unpaired) electrons. The second-order valence-corrected chi connectivity index (χ2v) is 6.80. The zero-order valence-corrected chi connectivity index (χ0v) is 11.8. The van der Waals surface area contributed by atoms with E-state index in [9.17, 15) is 4.79 Å². The lowest BCUT2D eigenvalue weighted by Gasteiger charge is -2.33. The first-order valence-electron chi connectivity index (χ1n) is 7.03. The standard InChI is InChI=1S/C14H26N2O2/c1-14(2,3)12(15)13(17)16(11-4-5-11)8-10-6-7-18-9-10/h10-12H,4-9,15H2,1-3H3. The molecule has 1 saturated heterocycles. The molecule has 4 heteroatoms. The molecule has 1 amide bonds. The van der Waals surface area contributed by atoms with Crippen LogP contribution >= 0.6 is 0 Å². The zero-order valence-electron chi connectivity index (χ0n) is 11.8. The minimum atomic E-state index is -0.402. The molecule has 18 heavy (non-hydrogen) atoms. The van der Waals surface area contributed by atoms with Gasteiger partial charge in [0.25, 0.3) is 0 Å². The highest BCUT2D eigenvalue weighted by molar-refractivity contribution is 5.83. The van der Waals surface area contributed by atoms with E-state index in [1.807, 2.05) is 25.7 Å². The summed E-state index contributed by atoms with van der Waals surface area (Å²) in [6, 6.07) is 0.0342. The number of nitrogens with two attached hydrogens (primary N) is 1. The average molecular weight is 254 g/mol. The molecular formula is C14H26N2O2. The van der Waals surface area contributed by atoms with Crippen molar-refractivity contribution in [1.29, 1.82) is 0 Å². The van der Waals surface area contributed by atoms with Gasteiger partial charge in [-0.3, -0.25) is 4.79 Å². The van der Waals surface area contributed by atoms with Crippen molar-refractivity contribution in [3.8, 4) is 0 Å². The molecular weight excluding hydrogens is 228 g/mol. The highest BCUT2D eigenvalue weighted by atomic mass is 16.5. The van der Waals surface area contributed by atoms with Gasteiger partial charge >= 0.3 is 0 Å². The van der Waals surface area contributed by atoms with E-state index in [4.69, 9.17) is 10.5 Å². The number of carbonyl (C=O) groups excluding carboxylic acids is 1. The van der Waals surface area contributed by atoms with Gasteiger partial charge in [0.05, 0.1) is 12.6 Å². The molecule has 1 heterocycles. The Balaban J connectivity index is 1.98. The van der Waals surface area contributed by atoms with E-state index in [2.05, 4.69) is 0 Å². The highest BCUT2D eigenvalue weighted by Crippen LogP contribution is 2.31. The van der Waals surface area contributed by atoms with Gasteiger partial charge < -0.3 is 15.4 Å². The highest BCUT2D eigenvalue weighted by Gasteiger charge is 2.39. The Hall–Kier alpha value is -0.610. The molecule has 2 rings (SSSR count). The molecule has 2 atom stereocenters. The van der Waals surface area contributed by atoms with Crippen molar-refractivity contribution in [3.05, 3.63) is 0 Å². The second-order valence-electron chi connectivity index (χ2n) is 6.80. The van der Waals surface area contributed by atoms with Crippen LogP contribution in [0.3, 0.4) is 0 Å². The Labute approximate surface area is 110 Å². The van der Waals surface area contributed by atoms with Crippen LogP contribution in [0.5, 0.6) is 0 Å². The molecule has 0 spiro atoms. The molecule has 0 bridgehead atoms. The van der Waals surface area contributed by atoms with Crippen LogP contribution in [0.4, 0.5) is 0 Å². The van der Waals surface area contributed by atoms with Crippen molar-refractivity contribution in [3.63, 3.8) is 0 Å². The molecule has 2 unspecified atom stereocenters. The maximum atomic E-state index is 12.5. The van der Waals surface area contributed by atoms with E-state index >= 15 is 0 Å². The van der Waals surface area contributed by atoms with Crippen LogP contribution in [0.25, 0.3) is 0 Å². The first-order chi connectivity index (χ1) is 8.39. The van der Waals surface area contributed by atoms with E-state index in [0.717, 1.165) is 39.0 Å². The van der Waals surface area contributed by atoms with Gasteiger partial charge in [-0.15, -0.1) is 0 Å². The van der Waals surface area contributed by atoms with Crippen LogP contribution < -0.4 is 5.73 Å². The van der Waals surface area contributed by atoms with E-state index in [1.165, 1.54) is 0 Å². The third-order valence-corrected chi connectivity index (χ3v) is 3.95. The Morgan fingerprint density at radius 2 is 2.06 bits per heavy atom. The minimum absolute atomic E-state index is 0.122. The summed E-state index contributed by atoms with van der Waals surface area (Å²) in [7, 11) is 0. The quantitative estimate of drug-likeness (QED) is 0.825. The molecule has 4 nitrogen and oxygen atoms in total. The Bertz CT molecular complexity index is 301. The van der Waals surface area contributed by atoms with Crippen molar-refractivity contribution in [2.75, 3.05) is 19.8 Å². The minimum Gasteiger partial charge on any atom is -0.381 e. The predicted octanol–water partition coefficient (Wildman–Crippen LogP) is 1.39. The maximum absolute atomic E-state index is 12.5. The van der Waals surface area contributed by atoms with Gasteiger partial charge in [0.2, 0.25) is 5.91 Å². The third-order valence-electron chi connectivity index (χ3n) is 3.95. The number of ether oxygens (including phenoxy) is 1. The summed E-state index contributed by atoms with van der Waals surface area (Å²) in [5.74, 6) is 0.624. The second kappa shape index (κ2) is 5.17. The molecule has 0 aromatic rings. The van der Waals surface area contributed by atoms with Crippen molar-refractivity contribution >= 4 is 5.91 Å².